The molecule has 0 fully saturated rings. The van der Waals surface area contributed by atoms with E-state index < -0.39 is 29.7 Å². The number of halogens is 3. The van der Waals surface area contributed by atoms with Crippen LogP contribution in [0.25, 0.3) is 0 Å². The number of nitrogens with zero attached hydrogens (tertiary/aromatic N) is 2. The third-order valence-electron chi connectivity index (χ3n) is 3.22. The summed E-state index contributed by atoms with van der Waals surface area (Å²) in [6, 6.07) is 10.8. The average Bonchev–Trinajstić information content (AvgIpc) is 2.64. The highest BCUT2D eigenvalue weighted by molar-refractivity contribution is 6.35. The van der Waals surface area contributed by atoms with Gasteiger partial charge in [0.2, 0.25) is 5.50 Å². The maximum absolute atomic E-state index is 12.8. The molecule has 0 saturated carbocycles. The second kappa shape index (κ2) is 9.45. The van der Waals surface area contributed by atoms with Crippen molar-refractivity contribution >= 4 is 58.1 Å². The lowest BCUT2D eigenvalue weighted by molar-refractivity contribution is -0.137. The number of carbonyl (C=O) groups excluding carboxylic acids is 2. The minimum atomic E-state index is -1.47. The smallest absolute Gasteiger partial charge is 0.322 e. The molecule has 140 valence electrons. The van der Waals surface area contributed by atoms with Gasteiger partial charge in [-0.15, -0.1) is 0 Å². The molecule has 27 heavy (non-hydrogen) atoms. The summed E-state index contributed by atoms with van der Waals surface area (Å²) in [5, 5.41) is 18.6. The van der Waals surface area contributed by atoms with Gasteiger partial charge in [-0.3, -0.25) is 14.4 Å². The van der Waals surface area contributed by atoms with E-state index in [9.17, 15) is 14.4 Å². The Balaban J connectivity index is 2.28. The molecule has 0 bridgehead atoms. The summed E-state index contributed by atoms with van der Waals surface area (Å²) < 4.78 is 0. The van der Waals surface area contributed by atoms with Crippen molar-refractivity contribution in [3.63, 3.8) is 0 Å². The number of carboxylic acid groups (broad SMARTS) is 1. The molecule has 2 aromatic rings. The molecule has 10 heteroatoms. The summed E-state index contributed by atoms with van der Waals surface area (Å²) >= 11 is 17.8. The molecule has 1 amide bonds. The molecule has 0 radical (unpaired) electrons. The minimum absolute atomic E-state index is 0.120. The standard InChI is InChI=1S/C17H12Cl3N3O4/c18-9-5-6-13(22-23-16(20)17(27)21-8-14(24)25)11(7-9)15(26)10-3-1-2-4-12(10)19/h1-7,16H,8H2,(H,21,27)(H,24,25)/b23-22+. The Bertz CT molecular complexity index is 918. The number of ketones is 1. The van der Waals surface area contributed by atoms with Gasteiger partial charge in [-0.25, -0.2) is 0 Å². The van der Waals surface area contributed by atoms with Crippen molar-refractivity contribution < 1.29 is 19.5 Å². The van der Waals surface area contributed by atoms with Crippen LogP contribution in [0.15, 0.2) is 52.7 Å². The highest BCUT2D eigenvalue weighted by Crippen LogP contribution is 2.28. The summed E-state index contributed by atoms with van der Waals surface area (Å²) in [7, 11) is 0. The fourth-order valence-corrected chi connectivity index (χ4v) is 2.49. The fourth-order valence-electron chi connectivity index (χ4n) is 1.98. The number of azo groups is 1. The third kappa shape index (κ3) is 5.75. The van der Waals surface area contributed by atoms with Gasteiger partial charge >= 0.3 is 5.97 Å². The zero-order valence-corrected chi connectivity index (χ0v) is 15.8. The number of carbonyl (C=O) groups is 3. The number of carboxylic acids is 1. The van der Waals surface area contributed by atoms with Crippen LogP contribution in [0.1, 0.15) is 15.9 Å². The summed E-state index contributed by atoms with van der Waals surface area (Å²) in [6.45, 7) is -0.602. The number of hydrogen-bond donors (Lipinski definition) is 2. The topological polar surface area (TPSA) is 108 Å². The molecule has 0 heterocycles. The molecule has 0 aliphatic rings. The summed E-state index contributed by atoms with van der Waals surface area (Å²) in [4.78, 5) is 34.9. The molecule has 0 aliphatic heterocycles. The predicted molar refractivity (Wildman–Crippen MR) is 101 cm³/mol. The van der Waals surface area contributed by atoms with Gasteiger partial charge in [0.25, 0.3) is 5.91 Å². The van der Waals surface area contributed by atoms with Crippen LogP contribution in [0.4, 0.5) is 5.69 Å². The minimum Gasteiger partial charge on any atom is -0.480 e. The summed E-state index contributed by atoms with van der Waals surface area (Å²) in [5.74, 6) is -2.50. The van der Waals surface area contributed by atoms with Gasteiger partial charge in [-0.1, -0.05) is 46.9 Å². The summed E-state index contributed by atoms with van der Waals surface area (Å²) in [5.41, 5.74) is -0.974. The van der Waals surface area contributed by atoms with E-state index in [-0.39, 0.29) is 21.8 Å². The first kappa shape index (κ1) is 20.8. The third-order valence-corrected chi connectivity index (χ3v) is 4.07. The van der Waals surface area contributed by atoms with Gasteiger partial charge in [0, 0.05) is 10.6 Å². The normalized spacial score (nSPS) is 12.0. The van der Waals surface area contributed by atoms with Crippen molar-refractivity contribution in [1.29, 1.82) is 0 Å². The quantitative estimate of drug-likeness (QED) is 0.300. The van der Waals surface area contributed by atoms with Gasteiger partial charge in [0.1, 0.15) is 6.54 Å². The van der Waals surface area contributed by atoms with Crippen molar-refractivity contribution in [3.8, 4) is 0 Å². The van der Waals surface area contributed by atoms with E-state index in [0.29, 0.717) is 5.02 Å². The molecular formula is C17H12Cl3N3O4. The van der Waals surface area contributed by atoms with Crippen LogP contribution in [0.2, 0.25) is 10.0 Å². The second-order valence-corrected chi connectivity index (χ2v) is 6.39. The van der Waals surface area contributed by atoms with E-state index in [1.807, 2.05) is 0 Å². The van der Waals surface area contributed by atoms with Crippen molar-refractivity contribution in [1.82, 2.24) is 5.32 Å². The largest absolute Gasteiger partial charge is 0.480 e. The Labute approximate surface area is 168 Å². The fraction of sp³-hybridized carbons (Fsp3) is 0.118. The lowest BCUT2D eigenvalue weighted by atomic mass is 10.0. The van der Waals surface area contributed by atoms with Gasteiger partial charge in [-0.05, 0) is 30.3 Å². The Kier molecular flexibility index (Phi) is 7.29. The van der Waals surface area contributed by atoms with Gasteiger partial charge in [0.15, 0.2) is 5.78 Å². The Hall–Kier alpha value is -2.48. The van der Waals surface area contributed by atoms with E-state index in [1.165, 1.54) is 18.2 Å². The van der Waals surface area contributed by atoms with Crippen LogP contribution in [0.3, 0.4) is 0 Å². The SMILES string of the molecule is O=C(O)CNC(=O)C(Cl)/N=N/c1ccc(Cl)cc1C(=O)c1ccccc1Cl. The van der Waals surface area contributed by atoms with Crippen molar-refractivity contribution in [2.75, 3.05) is 6.54 Å². The molecule has 7 nitrogen and oxygen atoms in total. The molecule has 0 spiro atoms. The lowest BCUT2D eigenvalue weighted by Crippen LogP contribution is -2.34. The molecular weight excluding hydrogens is 417 g/mol. The highest BCUT2D eigenvalue weighted by Gasteiger charge is 2.19. The monoisotopic (exact) mass is 427 g/mol. The number of hydrogen-bond acceptors (Lipinski definition) is 5. The van der Waals surface area contributed by atoms with E-state index in [4.69, 9.17) is 39.9 Å². The van der Waals surface area contributed by atoms with Gasteiger partial charge in [0.05, 0.1) is 16.3 Å². The van der Waals surface area contributed by atoms with Crippen LogP contribution in [-0.2, 0) is 9.59 Å². The average molecular weight is 429 g/mol. The molecule has 2 aromatic carbocycles. The van der Waals surface area contributed by atoms with Crippen molar-refractivity contribution in [2.24, 2.45) is 10.2 Å². The van der Waals surface area contributed by atoms with Crippen molar-refractivity contribution in [2.45, 2.75) is 5.50 Å². The highest BCUT2D eigenvalue weighted by atomic mass is 35.5. The zero-order chi connectivity index (χ0) is 20.0. The van der Waals surface area contributed by atoms with Crippen LogP contribution in [0, 0.1) is 0 Å². The second-order valence-electron chi connectivity index (χ2n) is 5.13. The van der Waals surface area contributed by atoms with E-state index in [2.05, 4.69) is 15.5 Å². The maximum atomic E-state index is 12.8. The molecule has 1 unspecified atom stereocenters. The number of benzene rings is 2. The van der Waals surface area contributed by atoms with Crippen LogP contribution in [0.5, 0.6) is 0 Å². The van der Waals surface area contributed by atoms with E-state index >= 15 is 0 Å². The molecule has 1 atom stereocenters. The van der Waals surface area contributed by atoms with Gasteiger partial charge < -0.3 is 10.4 Å². The first-order chi connectivity index (χ1) is 12.8. The number of nitrogens with one attached hydrogen (secondary N) is 1. The number of amides is 1. The summed E-state index contributed by atoms with van der Waals surface area (Å²) in [6.07, 6.45) is 0. The Morgan fingerprint density at radius 1 is 1.07 bits per heavy atom. The van der Waals surface area contributed by atoms with Crippen molar-refractivity contribution in [3.05, 3.63) is 63.6 Å². The number of aliphatic carboxylic acids is 1. The Morgan fingerprint density at radius 2 is 1.78 bits per heavy atom. The molecule has 2 rings (SSSR count). The van der Waals surface area contributed by atoms with Crippen LogP contribution in [-0.4, -0.2) is 34.8 Å². The predicted octanol–water partition coefficient (Wildman–Crippen LogP) is 4.07. The first-order valence-electron chi connectivity index (χ1n) is 7.43. The Morgan fingerprint density at radius 3 is 2.44 bits per heavy atom. The van der Waals surface area contributed by atoms with Gasteiger partial charge in [-0.2, -0.15) is 10.2 Å². The number of rotatable bonds is 7. The lowest BCUT2D eigenvalue weighted by Gasteiger charge is -2.08. The molecule has 0 aromatic heterocycles. The van der Waals surface area contributed by atoms with E-state index in [0.717, 1.165) is 0 Å². The maximum Gasteiger partial charge on any atom is 0.322 e. The molecule has 0 saturated heterocycles. The van der Waals surface area contributed by atoms with Crippen LogP contribution < -0.4 is 5.32 Å². The molecule has 2 N–H and O–H groups in total. The zero-order valence-electron chi connectivity index (χ0n) is 13.5. The first-order valence-corrected chi connectivity index (χ1v) is 8.62. The van der Waals surface area contributed by atoms with E-state index in [1.54, 1.807) is 24.3 Å². The van der Waals surface area contributed by atoms with Crippen LogP contribution >= 0.6 is 34.8 Å². The number of alkyl halides is 1. The molecule has 0 aliphatic carbocycles.